The van der Waals surface area contributed by atoms with E-state index in [1.54, 1.807) is 28.6 Å². The van der Waals surface area contributed by atoms with Crippen molar-refractivity contribution < 1.29 is 9.53 Å². The van der Waals surface area contributed by atoms with Gasteiger partial charge in [-0.1, -0.05) is 49.9 Å². The topological polar surface area (TPSA) is 69.9 Å². The van der Waals surface area contributed by atoms with E-state index in [0.29, 0.717) is 17.2 Å². The van der Waals surface area contributed by atoms with E-state index in [0.717, 1.165) is 16.4 Å². The lowest BCUT2D eigenvalue weighted by Crippen LogP contribution is -2.01. The summed E-state index contributed by atoms with van der Waals surface area (Å²) in [6.45, 7) is 4.33. The largest absolute Gasteiger partial charge is 0.465 e. The van der Waals surface area contributed by atoms with E-state index in [1.807, 2.05) is 24.3 Å². The summed E-state index contributed by atoms with van der Waals surface area (Å²) in [6, 6.07) is 15.6. The number of rotatable bonds is 6. The third-order valence-corrected chi connectivity index (χ3v) is 4.98. The lowest BCUT2D eigenvalue weighted by Gasteiger charge is -2.08. The number of ether oxygens (including phenoxy) is 1. The molecule has 0 unspecified atom stereocenters. The van der Waals surface area contributed by atoms with Crippen LogP contribution in [0.25, 0.3) is 5.69 Å². The Morgan fingerprint density at radius 1 is 1.12 bits per heavy atom. The van der Waals surface area contributed by atoms with E-state index in [1.165, 1.54) is 12.7 Å². The summed E-state index contributed by atoms with van der Waals surface area (Å²) in [5.74, 6) is 0.851. The molecule has 0 aliphatic rings. The minimum absolute atomic E-state index is 0.335. The predicted octanol–water partition coefficient (Wildman–Crippen LogP) is 3.86. The Hall–Kier alpha value is -2.67. The minimum Gasteiger partial charge on any atom is -0.465 e. The van der Waals surface area contributed by atoms with Crippen LogP contribution >= 0.6 is 11.8 Å². The molecule has 6 nitrogen and oxygen atoms in total. The molecule has 3 aromatic rings. The van der Waals surface area contributed by atoms with Crippen LogP contribution in [0.4, 0.5) is 0 Å². The van der Waals surface area contributed by atoms with Crippen LogP contribution in [0.15, 0.2) is 53.7 Å². The molecule has 0 bridgehead atoms. The SMILES string of the molecule is COC(=O)c1ccc(CSc2nnnn2-c2ccc(C(C)C)cc2)cc1. The second-order valence-electron chi connectivity index (χ2n) is 6.10. The Kier molecular flexibility index (Phi) is 5.68. The highest BCUT2D eigenvalue weighted by molar-refractivity contribution is 7.98. The second-order valence-corrected chi connectivity index (χ2v) is 7.04. The van der Waals surface area contributed by atoms with Gasteiger partial charge in [-0.25, -0.2) is 4.79 Å². The lowest BCUT2D eigenvalue weighted by molar-refractivity contribution is 0.0600. The fraction of sp³-hybridized carbons (Fsp3) is 0.263. The lowest BCUT2D eigenvalue weighted by atomic mass is 10.0. The molecule has 0 saturated carbocycles. The number of benzene rings is 2. The van der Waals surface area contributed by atoms with E-state index in [-0.39, 0.29) is 5.97 Å². The Labute approximate surface area is 156 Å². The number of hydrogen-bond donors (Lipinski definition) is 0. The van der Waals surface area contributed by atoms with Crippen LogP contribution in [0, 0.1) is 0 Å². The third-order valence-electron chi connectivity index (χ3n) is 3.99. The quantitative estimate of drug-likeness (QED) is 0.486. The van der Waals surface area contributed by atoms with Gasteiger partial charge in [0.25, 0.3) is 0 Å². The normalized spacial score (nSPS) is 10.9. The number of methoxy groups -OCH3 is 1. The molecule has 0 atom stereocenters. The van der Waals surface area contributed by atoms with Gasteiger partial charge in [0.15, 0.2) is 0 Å². The van der Waals surface area contributed by atoms with E-state index in [2.05, 4.69) is 41.5 Å². The third kappa shape index (κ3) is 4.11. The second kappa shape index (κ2) is 8.14. The van der Waals surface area contributed by atoms with Crippen LogP contribution in [0.3, 0.4) is 0 Å². The van der Waals surface area contributed by atoms with Crippen LogP contribution in [0.2, 0.25) is 0 Å². The molecule has 0 spiro atoms. The Bertz CT molecular complexity index is 873. The van der Waals surface area contributed by atoms with Crippen molar-refractivity contribution in [3.8, 4) is 5.69 Å². The number of aromatic nitrogens is 4. The van der Waals surface area contributed by atoms with Gasteiger partial charge in [-0.3, -0.25) is 0 Å². The van der Waals surface area contributed by atoms with Crippen LogP contribution < -0.4 is 0 Å². The Balaban J connectivity index is 1.70. The summed E-state index contributed by atoms with van der Waals surface area (Å²) in [4.78, 5) is 11.5. The summed E-state index contributed by atoms with van der Waals surface area (Å²) in [5.41, 5.74) is 3.83. The molecule has 0 aliphatic carbocycles. The molecule has 26 heavy (non-hydrogen) atoms. The molecule has 0 saturated heterocycles. The van der Waals surface area contributed by atoms with Gasteiger partial charge in [0.05, 0.1) is 18.4 Å². The number of carbonyl (C=O) groups is 1. The smallest absolute Gasteiger partial charge is 0.337 e. The van der Waals surface area contributed by atoms with Gasteiger partial charge in [0.1, 0.15) is 0 Å². The van der Waals surface area contributed by atoms with Crippen LogP contribution in [-0.4, -0.2) is 33.3 Å². The number of nitrogens with zero attached hydrogens (tertiary/aromatic N) is 4. The number of esters is 1. The van der Waals surface area contributed by atoms with E-state index in [9.17, 15) is 4.79 Å². The van der Waals surface area contributed by atoms with Gasteiger partial charge in [-0.15, -0.1) is 5.10 Å². The average molecular weight is 368 g/mol. The standard InChI is InChI=1S/C19H20N4O2S/c1-13(2)15-8-10-17(11-9-15)23-19(20-21-22-23)26-12-14-4-6-16(7-5-14)18(24)25-3/h4-11,13H,12H2,1-3H3. The van der Waals surface area contributed by atoms with Gasteiger partial charge in [-0.2, -0.15) is 4.68 Å². The van der Waals surface area contributed by atoms with E-state index in [4.69, 9.17) is 4.74 Å². The first-order valence-corrected chi connectivity index (χ1v) is 9.26. The zero-order chi connectivity index (χ0) is 18.5. The highest BCUT2D eigenvalue weighted by Crippen LogP contribution is 2.24. The molecular formula is C19H20N4O2S. The maximum atomic E-state index is 11.5. The van der Waals surface area contributed by atoms with Crippen LogP contribution in [-0.2, 0) is 10.5 Å². The molecular weight excluding hydrogens is 348 g/mol. The molecule has 0 fully saturated rings. The summed E-state index contributed by atoms with van der Waals surface area (Å²) < 4.78 is 6.44. The summed E-state index contributed by atoms with van der Waals surface area (Å²) in [7, 11) is 1.37. The van der Waals surface area contributed by atoms with Crippen molar-refractivity contribution >= 4 is 17.7 Å². The van der Waals surface area contributed by atoms with Gasteiger partial charge < -0.3 is 4.74 Å². The molecule has 134 valence electrons. The van der Waals surface area contributed by atoms with Crippen molar-refractivity contribution in [3.05, 3.63) is 65.2 Å². The van der Waals surface area contributed by atoms with Crippen molar-refractivity contribution in [3.63, 3.8) is 0 Å². The molecule has 7 heteroatoms. The first-order chi connectivity index (χ1) is 12.6. The van der Waals surface area contributed by atoms with E-state index >= 15 is 0 Å². The van der Waals surface area contributed by atoms with E-state index < -0.39 is 0 Å². The Morgan fingerprint density at radius 2 is 1.81 bits per heavy atom. The van der Waals surface area contributed by atoms with Crippen molar-refractivity contribution in [1.29, 1.82) is 0 Å². The fourth-order valence-corrected chi connectivity index (χ4v) is 3.28. The highest BCUT2D eigenvalue weighted by atomic mass is 32.2. The maximum absolute atomic E-state index is 11.5. The van der Waals surface area contributed by atoms with Gasteiger partial charge in [-0.05, 0) is 51.7 Å². The van der Waals surface area contributed by atoms with Crippen molar-refractivity contribution in [1.82, 2.24) is 20.2 Å². The van der Waals surface area contributed by atoms with Gasteiger partial charge in [0, 0.05) is 5.75 Å². The summed E-state index contributed by atoms with van der Waals surface area (Å²) in [5, 5.41) is 12.7. The predicted molar refractivity (Wildman–Crippen MR) is 101 cm³/mol. The summed E-state index contributed by atoms with van der Waals surface area (Å²) >= 11 is 1.54. The van der Waals surface area contributed by atoms with Crippen LogP contribution in [0.1, 0.15) is 41.3 Å². The minimum atomic E-state index is -0.335. The van der Waals surface area contributed by atoms with Crippen LogP contribution in [0.5, 0.6) is 0 Å². The molecule has 0 N–H and O–H groups in total. The van der Waals surface area contributed by atoms with Crippen molar-refractivity contribution in [2.45, 2.75) is 30.7 Å². The first-order valence-electron chi connectivity index (χ1n) is 8.27. The molecule has 0 aliphatic heterocycles. The summed E-state index contributed by atoms with van der Waals surface area (Å²) in [6.07, 6.45) is 0. The zero-order valence-corrected chi connectivity index (χ0v) is 15.7. The monoisotopic (exact) mass is 368 g/mol. The molecule has 1 heterocycles. The molecule has 2 aromatic carbocycles. The maximum Gasteiger partial charge on any atom is 0.337 e. The van der Waals surface area contributed by atoms with Crippen molar-refractivity contribution in [2.24, 2.45) is 0 Å². The molecule has 0 radical (unpaired) electrons. The number of hydrogen-bond acceptors (Lipinski definition) is 6. The zero-order valence-electron chi connectivity index (χ0n) is 14.9. The van der Waals surface area contributed by atoms with Gasteiger partial charge in [0.2, 0.25) is 5.16 Å². The average Bonchev–Trinajstić information content (AvgIpc) is 3.15. The number of carbonyl (C=O) groups excluding carboxylic acids is 1. The number of thioether (sulfide) groups is 1. The number of tetrazole rings is 1. The molecule has 3 rings (SSSR count). The molecule has 1 aromatic heterocycles. The Morgan fingerprint density at radius 3 is 2.42 bits per heavy atom. The first kappa shape index (κ1) is 18.1. The van der Waals surface area contributed by atoms with Crippen molar-refractivity contribution in [2.75, 3.05) is 7.11 Å². The fourth-order valence-electron chi connectivity index (χ4n) is 2.43. The van der Waals surface area contributed by atoms with Gasteiger partial charge >= 0.3 is 5.97 Å². The molecule has 0 amide bonds. The highest BCUT2D eigenvalue weighted by Gasteiger charge is 2.10.